The van der Waals surface area contributed by atoms with Gasteiger partial charge < -0.3 is 19.1 Å². The molecule has 1 aromatic heterocycles. The summed E-state index contributed by atoms with van der Waals surface area (Å²) in [5.41, 5.74) is 3.97. The molecule has 0 spiro atoms. The quantitative estimate of drug-likeness (QED) is 0.236. The number of hydrogen-bond acceptors (Lipinski definition) is 5. The molecule has 0 aliphatic carbocycles. The molecule has 0 N–H and O–H groups in total. The van der Waals surface area contributed by atoms with Gasteiger partial charge >= 0.3 is 6.09 Å². The summed E-state index contributed by atoms with van der Waals surface area (Å²) in [6.45, 7) is 8.36. The topological polar surface area (TPSA) is 60.9 Å². The number of rotatable bonds is 8. The SMILES string of the molecule is CC(C)(C)OC(=O)N1CCC(c2ccc(COCc3cccnc3)cc2)C(OCc2ccc3ccccc3c2)C1. The number of nitrogens with zero attached hydrogens (tertiary/aromatic N) is 2. The zero-order valence-electron chi connectivity index (χ0n) is 23.6. The van der Waals surface area contributed by atoms with Gasteiger partial charge in [0.1, 0.15) is 5.60 Å². The van der Waals surface area contributed by atoms with Crippen molar-refractivity contribution in [2.75, 3.05) is 13.1 Å². The molecule has 0 bridgehead atoms. The number of likely N-dealkylation sites (tertiary alicyclic amines) is 1. The number of benzene rings is 3. The van der Waals surface area contributed by atoms with Crippen molar-refractivity contribution >= 4 is 16.9 Å². The van der Waals surface area contributed by atoms with Crippen LogP contribution in [0.5, 0.6) is 0 Å². The first kappa shape index (κ1) is 27.8. The molecule has 0 radical (unpaired) electrons. The van der Waals surface area contributed by atoms with Gasteiger partial charge in [-0.3, -0.25) is 4.98 Å². The van der Waals surface area contributed by atoms with Crippen LogP contribution in [0, 0.1) is 0 Å². The standard InChI is InChI=1S/C34H38N2O4/c1-34(2,3)40-33(37)36-18-16-31(29-14-10-25(11-15-29)22-38-23-27-7-6-17-35-20-27)32(21-36)39-24-26-12-13-28-8-4-5-9-30(28)19-26/h4-15,17,19-20,31-32H,16,18,21-24H2,1-3H3. The third-order valence-corrected chi connectivity index (χ3v) is 7.16. The minimum atomic E-state index is -0.537. The Morgan fingerprint density at radius 1 is 0.875 bits per heavy atom. The summed E-state index contributed by atoms with van der Waals surface area (Å²) in [5.74, 6) is 0.171. The van der Waals surface area contributed by atoms with Crippen molar-refractivity contribution in [2.45, 2.75) is 64.6 Å². The Kier molecular flexibility index (Phi) is 8.78. The number of fused-ring (bicyclic) bond motifs is 1. The van der Waals surface area contributed by atoms with Gasteiger partial charge in [0.2, 0.25) is 0 Å². The van der Waals surface area contributed by atoms with E-state index >= 15 is 0 Å². The highest BCUT2D eigenvalue weighted by Crippen LogP contribution is 2.32. The molecule has 208 valence electrons. The van der Waals surface area contributed by atoms with E-state index in [1.807, 2.05) is 39.1 Å². The van der Waals surface area contributed by atoms with Crippen molar-refractivity contribution in [3.05, 3.63) is 114 Å². The van der Waals surface area contributed by atoms with E-state index in [0.29, 0.717) is 32.9 Å². The van der Waals surface area contributed by atoms with Crippen LogP contribution in [-0.2, 0) is 34.0 Å². The van der Waals surface area contributed by atoms with Crippen LogP contribution in [0.2, 0.25) is 0 Å². The average molecular weight is 539 g/mol. The largest absolute Gasteiger partial charge is 0.444 e. The molecule has 40 heavy (non-hydrogen) atoms. The molecular formula is C34H38N2O4. The van der Waals surface area contributed by atoms with Crippen LogP contribution in [0.1, 0.15) is 55.4 Å². The van der Waals surface area contributed by atoms with Gasteiger partial charge in [-0.15, -0.1) is 0 Å². The maximum absolute atomic E-state index is 12.9. The van der Waals surface area contributed by atoms with E-state index in [1.54, 1.807) is 11.1 Å². The lowest BCUT2D eigenvalue weighted by atomic mass is 9.86. The predicted molar refractivity (Wildman–Crippen MR) is 157 cm³/mol. The lowest BCUT2D eigenvalue weighted by Crippen LogP contribution is -2.48. The maximum Gasteiger partial charge on any atom is 0.410 e. The first-order chi connectivity index (χ1) is 19.3. The van der Waals surface area contributed by atoms with Crippen LogP contribution in [0.4, 0.5) is 4.79 Å². The average Bonchev–Trinajstić information content (AvgIpc) is 2.96. The van der Waals surface area contributed by atoms with Gasteiger partial charge in [-0.25, -0.2) is 4.79 Å². The van der Waals surface area contributed by atoms with E-state index in [1.165, 1.54) is 16.3 Å². The molecule has 1 amide bonds. The monoisotopic (exact) mass is 538 g/mol. The molecule has 0 saturated carbocycles. The molecule has 1 saturated heterocycles. The van der Waals surface area contributed by atoms with Crippen molar-refractivity contribution in [2.24, 2.45) is 0 Å². The Bertz CT molecular complexity index is 1400. The van der Waals surface area contributed by atoms with Gasteiger partial charge in [0.15, 0.2) is 0 Å². The number of pyridine rings is 1. The number of carbonyl (C=O) groups excluding carboxylic acids is 1. The Balaban J connectivity index is 1.27. The Morgan fingerprint density at radius 2 is 1.62 bits per heavy atom. The van der Waals surface area contributed by atoms with Crippen LogP contribution >= 0.6 is 0 Å². The summed E-state index contributed by atoms with van der Waals surface area (Å²) in [7, 11) is 0. The van der Waals surface area contributed by atoms with Crippen molar-refractivity contribution in [3.63, 3.8) is 0 Å². The molecule has 6 heteroatoms. The van der Waals surface area contributed by atoms with E-state index in [0.717, 1.165) is 23.1 Å². The summed E-state index contributed by atoms with van der Waals surface area (Å²) in [5, 5.41) is 2.41. The van der Waals surface area contributed by atoms with Crippen LogP contribution < -0.4 is 0 Å². The summed E-state index contributed by atoms with van der Waals surface area (Å²) < 4.78 is 18.1. The van der Waals surface area contributed by atoms with E-state index in [2.05, 4.69) is 71.7 Å². The second-order valence-electron chi connectivity index (χ2n) is 11.4. The molecule has 1 aliphatic heterocycles. The zero-order chi connectivity index (χ0) is 28.0. The molecule has 1 aliphatic rings. The van der Waals surface area contributed by atoms with Crippen molar-refractivity contribution < 1.29 is 19.0 Å². The van der Waals surface area contributed by atoms with Crippen molar-refractivity contribution in [1.29, 1.82) is 0 Å². The van der Waals surface area contributed by atoms with Crippen LogP contribution in [0.3, 0.4) is 0 Å². The van der Waals surface area contributed by atoms with E-state index < -0.39 is 5.60 Å². The molecule has 2 unspecified atom stereocenters. The van der Waals surface area contributed by atoms with Gasteiger partial charge in [-0.2, -0.15) is 0 Å². The molecule has 2 atom stereocenters. The number of ether oxygens (including phenoxy) is 3. The summed E-state index contributed by atoms with van der Waals surface area (Å²) in [4.78, 5) is 18.8. The first-order valence-electron chi connectivity index (χ1n) is 14.0. The number of piperidine rings is 1. The summed E-state index contributed by atoms with van der Waals surface area (Å²) in [6.07, 6.45) is 3.95. The molecule has 1 fully saturated rings. The molecule has 5 rings (SSSR count). The highest BCUT2D eigenvalue weighted by Gasteiger charge is 2.35. The van der Waals surface area contributed by atoms with E-state index in [4.69, 9.17) is 14.2 Å². The van der Waals surface area contributed by atoms with Gasteiger partial charge in [0.05, 0.1) is 32.5 Å². The first-order valence-corrected chi connectivity index (χ1v) is 14.0. The zero-order valence-corrected chi connectivity index (χ0v) is 23.6. The minimum absolute atomic E-state index is 0.152. The summed E-state index contributed by atoms with van der Waals surface area (Å²) in [6, 6.07) is 27.3. The second kappa shape index (κ2) is 12.6. The van der Waals surface area contributed by atoms with Gasteiger partial charge in [-0.05, 0) is 72.4 Å². The highest BCUT2D eigenvalue weighted by molar-refractivity contribution is 5.82. The molecule has 4 aromatic rings. The number of amides is 1. The van der Waals surface area contributed by atoms with Gasteiger partial charge in [-0.1, -0.05) is 66.7 Å². The molecular weight excluding hydrogens is 500 g/mol. The number of aromatic nitrogens is 1. The minimum Gasteiger partial charge on any atom is -0.444 e. The molecule has 6 nitrogen and oxygen atoms in total. The second-order valence-corrected chi connectivity index (χ2v) is 11.4. The normalized spacial score (nSPS) is 17.6. The number of carbonyl (C=O) groups is 1. The molecule has 2 heterocycles. The highest BCUT2D eigenvalue weighted by atomic mass is 16.6. The Labute approximate surface area is 236 Å². The van der Waals surface area contributed by atoms with Crippen molar-refractivity contribution in [3.8, 4) is 0 Å². The fraction of sp³-hybridized carbons (Fsp3) is 0.353. The Hall–Kier alpha value is -3.74. The lowest BCUT2D eigenvalue weighted by molar-refractivity contribution is -0.0359. The fourth-order valence-corrected chi connectivity index (χ4v) is 5.12. The maximum atomic E-state index is 12.9. The van der Waals surface area contributed by atoms with Crippen LogP contribution in [0.25, 0.3) is 10.8 Å². The predicted octanol–water partition coefficient (Wildman–Crippen LogP) is 7.26. The van der Waals surface area contributed by atoms with Gasteiger partial charge in [0.25, 0.3) is 0 Å². The smallest absolute Gasteiger partial charge is 0.410 e. The Morgan fingerprint density at radius 3 is 2.38 bits per heavy atom. The lowest BCUT2D eigenvalue weighted by Gasteiger charge is -2.39. The van der Waals surface area contributed by atoms with Crippen LogP contribution in [-0.4, -0.2) is 40.8 Å². The van der Waals surface area contributed by atoms with Crippen molar-refractivity contribution in [1.82, 2.24) is 9.88 Å². The van der Waals surface area contributed by atoms with E-state index in [-0.39, 0.29) is 18.1 Å². The van der Waals surface area contributed by atoms with Gasteiger partial charge in [0, 0.05) is 24.9 Å². The number of hydrogen-bond donors (Lipinski definition) is 0. The third-order valence-electron chi connectivity index (χ3n) is 7.16. The summed E-state index contributed by atoms with van der Waals surface area (Å²) >= 11 is 0. The van der Waals surface area contributed by atoms with E-state index in [9.17, 15) is 4.79 Å². The van der Waals surface area contributed by atoms with Crippen LogP contribution in [0.15, 0.2) is 91.3 Å². The third kappa shape index (κ3) is 7.46. The molecule has 3 aromatic carbocycles. The fourth-order valence-electron chi connectivity index (χ4n) is 5.12.